The Morgan fingerprint density at radius 1 is 1.75 bits per heavy atom. The molecule has 0 aliphatic rings. The van der Waals surface area contributed by atoms with E-state index in [1.54, 1.807) is 0 Å². The van der Waals surface area contributed by atoms with E-state index in [1.165, 1.54) is 6.08 Å². The molecule has 0 saturated heterocycles. The van der Waals surface area contributed by atoms with E-state index in [0.717, 1.165) is 0 Å². The predicted molar refractivity (Wildman–Crippen MR) is 15.6 cm³/mol. The molecular weight excluding hydrogens is 176 g/mol. The zero-order valence-electron chi connectivity index (χ0n) is 2.49. The molecule has 0 spiro atoms. The summed E-state index contributed by atoms with van der Waals surface area (Å²) in [6.45, 7) is 6.50. The van der Waals surface area contributed by atoms with Gasteiger partial charge in [0.1, 0.15) is 0 Å². The maximum absolute atomic E-state index is 3.25. The van der Waals surface area contributed by atoms with Gasteiger partial charge in [-0.2, -0.15) is 0 Å². The fourth-order valence-electron chi connectivity index (χ4n) is 0. The van der Waals surface area contributed by atoms with Crippen LogP contribution in [0.5, 0.6) is 0 Å². The Kier molecular flexibility index (Phi) is 20.0. The molecule has 22 valence electrons. The number of hydrogen-bond acceptors (Lipinski definition) is 0. The molecule has 0 nitrogen and oxygen atoms in total. The minimum absolute atomic E-state index is 0. The second-order valence-corrected chi connectivity index (χ2v) is 0.289. The van der Waals surface area contributed by atoms with Crippen molar-refractivity contribution in [1.29, 1.82) is 0 Å². The van der Waals surface area contributed by atoms with Gasteiger partial charge in [-0.25, -0.2) is 19.6 Å². The van der Waals surface area contributed by atoms with Crippen LogP contribution in [0.1, 0.15) is 0 Å². The zero-order chi connectivity index (χ0) is 2.71. The van der Waals surface area contributed by atoms with Gasteiger partial charge >= 0.3 is 0 Å². The van der Waals surface area contributed by atoms with Crippen LogP contribution in [0.2, 0.25) is 0 Å². The van der Waals surface area contributed by atoms with Crippen LogP contribution in [0.4, 0.5) is 0 Å². The first-order valence-electron chi connectivity index (χ1n) is 0.816. The van der Waals surface area contributed by atoms with E-state index in [1.807, 2.05) is 0 Å². The Balaban J connectivity index is 0. The van der Waals surface area contributed by atoms with Crippen molar-refractivity contribution in [2.75, 3.05) is 0 Å². The summed E-state index contributed by atoms with van der Waals surface area (Å²) in [5.41, 5.74) is 0. The van der Waals surface area contributed by atoms with E-state index >= 15 is 0 Å². The molecule has 0 N–H and O–H groups in total. The van der Waals surface area contributed by atoms with Gasteiger partial charge in [-0.3, -0.25) is 0 Å². The van der Waals surface area contributed by atoms with Gasteiger partial charge in [0.05, 0.1) is 0 Å². The Hall–Kier alpha value is 0.987. The van der Waals surface area contributed by atoms with E-state index in [0.29, 0.717) is 0 Å². The number of hydrogen-bond donors (Lipinski definition) is 0. The molecule has 4 heavy (non-hydrogen) atoms. The van der Waals surface area contributed by atoms with Crippen molar-refractivity contribution in [2.45, 2.75) is 0 Å². The monoisotopic (exact) mass is 181 g/mol. The maximum Gasteiger partial charge on any atom is 0 e. The van der Waals surface area contributed by atoms with Gasteiger partial charge < -0.3 is 0 Å². The van der Waals surface area contributed by atoms with Crippen molar-refractivity contribution in [3.05, 3.63) is 19.6 Å². The fourth-order valence-corrected chi connectivity index (χ4v) is 0. The number of rotatable bonds is 0. The first-order chi connectivity index (χ1) is 1.41. The van der Waals surface area contributed by atoms with Crippen molar-refractivity contribution in [1.82, 2.24) is 0 Å². The summed E-state index contributed by atoms with van der Waals surface area (Å²) in [5, 5.41) is 0. The van der Waals surface area contributed by atoms with E-state index in [9.17, 15) is 0 Å². The van der Waals surface area contributed by atoms with Gasteiger partial charge in [0.2, 0.25) is 0 Å². The molecule has 0 unspecified atom stereocenters. The summed E-state index contributed by atoms with van der Waals surface area (Å²) in [5.74, 6) is 0. The quantitative estimate of drug-likeness (QED) is 0.489. The Morgan fingerprint density at radius 3 is 1.75 bits per heavy atom. The SMILES string of the molecule is C=C[CH2-].[Ce]. The third-order valence-corrected chi connectivity index (χ3v) is 0. The Labute approximate surface area is 60.7 Å². The third kappa shape index (κ3) is 12.1. The van der Waals surface area contributed by atoms with E-state index in [4.69, 9.17) is 0 Å². The normalized spacial score (nSPS) is 3.00. The van der Waals surface area contributed by atoms with E-state index < -0.39 is 0 Å². The fraction of sp³-hybridized carbons (Fsp3) is 0. The van der Waals surface area contributed by atoms with Crippen LogP contribution in [0.15, 0.2) is 12.7 Å². The largest absolute Gasteiger partial charge is 0.245 e. The smallest absolute Gasteiger partial charge is 0 e. The van der Waals surface area contributed by atoms with Crippen LogP contribution < -0.4 is 0 Å². The molecule has 0 atom stereocenters. The van der Waals surface area contributed by atoms with Gasteiger partial charge in [0.25, 0.3) is 0 Å². The molecule has 0 aliphatic carbocycles. The second-order valence-electron chi connectivity index (χ2n) is 0.289. The van der Waals surface area contributed by atoms with Gasteiger partial charge in [0.15, 0.2) is 0 Å². The van der Waals surface area contributed by atoms with Crippen molar-refractivity contribution in [3.8, 4) is 0 Å². The van der Waals surface area contributed by atoms with Gasteiger partial charge in [-0.15, -0.1) is 0 Å². The minimum atomic E-state index is 0. The summed E-state index contributed by atoms with van der Waals surface area (Å²) in [6.07, 6.45) is 1.50. The van der Waals surface area contributed by atoms with Crippen LogP contribution in [0.25, 0.3) is 0 Å². The maximum atomic E-state index is 3.25. The Morgan fingerprint density at radius 2 is 1.75 bits per heavy atom. The summed E-state index contributed by atoms with van der Waals surface area (Å²) < 4.78 is 0. The van der Waals surface area contributed by atoms with Crippen LogP contribution in [-0.2, 0) is 0 Å². The molecule has 0 radical (unpaired) electrons. The molecule has 0 aromatic heterocycles. The zero-order valence-corrected chi connectivity index (χ0v) is 5.63. The average Bonchev–Trinajstić information content (AvgIpc) is 0.918. The van der Waals surface area contributed by atoms with E-state index in [-0.39, 0.29) is 41.7 Å². The summed E-state index contributed by atoms with van der Waals surface area (Å²) in [6, 6.07) is 0. The molecule has 0 aromatic rings. The van der Waals surface area contributed by atoms with Crippen LogP contribution in [0, 0.1) is 48.7 Å². The third-order valence-electron chi connectivity index (χ3n) is 0. The molecular formula is C3H5Ce-. The second kappa shape index (κ2) is 9.01. The summed E-state index contributed by atoms with van der Waals surface area (Å²) in [7, 11) is 0. The Bertz CT molecular complexity index is 10.8. The molecule has 0 bridgehead atoms. The molecule has 0 amide bonds. The predicted octanol–water partition coefficient (Wildman–Crippen LogP) is 1.01. The van der Waals surface area contributed by atoms with Gasteiger partial charge in [0, 0.05) is 41.7 Å². The first-order valence-corrected chi connectivity index (χ1v) is 0.816. The summed E-state index contributed by atoms with van der Waals surface area (Å²) >= 11 is 0. The van der Waals surface area contributed by atoms with Crippen molar-refractivity contribution < 1.29 is 41.7 Å². The molecule has 0 aliphatic heterocycles. The summed E-state index contributed by atoms with van der Waals surface area (Å²) in [4.78, 5) is 0. The topological polar surface area (TPSA) is 0 Å². The van der Waals surface area contributed by atoms with Crippen molar-refractivity contribution in [3.63, 3.8) is 0 Å². The number of allylic oxidation sites excluding steroid dienone is 1. The van der Waals surface area contributed by atoms with Gasteiger partial charge in [-0.05, 0) is 0 Å². The van der Waals surface area contributed by atoms with Crippen LogP contribution >= 0.6 is 0 Å². The van der Waals surface area contributed by atoms with Crippen molar-refractivity contribution >= 4 is 0 Å². The van der Waals surface area contributed by atoms with Crippen LogP contribution in [0.3, 0.4) is 0 Å². The molecule has 0 fully saturated rings. The van der Waals surface area contributed by atoms with Crippen molar-refractivity contribution in [2.24, 2.45) is 0 Å². The van der Waals surface area contributed by atoms with E-state index in [2.05, 4.69) is 13.5 Å². The van der Waals surface area contributed by atoms with Crippen LogP contribution in [-0.4, -0.2) is 0 Å². The standard InChI is InChI=1S/C3H5.Ce/c1-3-2;/h3H,1-2H2;/q-1;. The molecule has 0 saturated carbocycles. The molecule has 1 heteroatoms. The van der Waals surface area contributed by atoms with Gasteiger partial charge in [-0.1, -0.05) is 0 Å². The minimum Gasteiger partial charge on any atom is -0.245 e. The average molecular weight is 181 g/mol. The molecule has 0 rings (SSSR count). The molecule has 0 heterocycles. The molecule has 0 aromatic carbocycles. The first kappa shape index (κ1) is 8.88.